The van der Waals surface area contributed by atoms with Gasteiger partial charge < -0.3 is 14.7 Å². The number of nitrogens with zero attached hydrogens (tertiary/aromatic N) is 4. The Balaban J connectivity index is 1.51. The predicted octanol–water partition coefficient (Wildman–Crippen LogP) is 4.66. The average Bonchev–Trinajstić information content (AvgIpc) is 3.21. The molecule has 1 amide bonds. The summed E-state index contributed by atoms with van der Waals surface area (Å²) >= 11 is 1.34. The molecule has 186 valence electrons. The van der Waals surface area contributed by atoms with Crippen molar-refractivity contribution in [3.63, 3.8) is 0 Å². The molecule has 0 radical (unpaired) electrons. The second-order valence-electron chi connectivity index (χ2n) is 10.5. The van der Waals surface area contributed by atoms with Gasteiger partial charge in [-0.2, -0.15) is 4.98 Å². The van der Waals surface area contributed by atoms with Crippen LogP contribution in [0.5, 0.6) is 5.88 Å². The lowest BCUT2D eigenvalue weighted by molar-refractivity contribution is -0.148. The molecule has 34 heavy (non-hydrogen) atoms. The fourth-order valence-electron chi connectivity index (χ4n) is 4.24. The zero-order chi connectivity index (χ0) is 24.7. The number of likely N-dealkylation sites (tertiary alicyclic amines) is 1. The van der Waals surface area contributed by atoms with E-state index in [-0.39, 0.29) is 30.8 Å². The molecule has 2 aromatic heterocycles. The zero-order valence-electron chi connectivity index (χ0n) is 20.1. The van der Waals surface area contributed by atoms with Crippen molar-refractivity contribution in [2.45, 2.75) is 77.9 Å². The number of carbonyl (C=O) groups excluding carboxylic acids is 1. The van der Waals surface area contributed by atoms with Crippen molar-refractivity contribution in [3.8, 4) is 16.7 Å². The summed E-state index contributed by atoms with van der Waals surface area (Å²) in [7, 11) is 0. The summed E-state index contributed by atoms with van der Waals surface area (Å²) in [5.74, 6) is -1.57. The van der Waals surface area contributed by atoms with Gasteiger partial charge >= 0.3 is 0 Å². The number of ether oxygens (including phenoxy) is 1. The summed E-state index contributed by atoms with van der Waals surface area (Å²) in [6.45, 7) is 8.30. The van der Waals surface area contributed by atoms with E-state index in [0.717, 1.165) is 5.69 Å². The first-order valence-electron chi connectivity index (χ1n) is 11.8. The molecule has 2 fully saturated rings. The van der Waals surface area contributed by atoms with Crippen LogP contribution in [0.2, 0.25) is 0 Å². The molecule has 1 aliphatic carbocycles. The van der Waals surface area contributed by atoms with Gasteiger partial charge in [-0.15, -0.1) is 11.3 Å². The molecule has 4 rings (SSSR count). The normalized spacial score (nSPS) is 20.1. The first-order valence-corrected chi connectivity index (χ1v) is 12.6. The van der Waals surface area contributed by atoms with Gasteiger partial charge in [0.25, 0.3) is 0 Å². The number of hydrogen-bond donors (Lipinski definition) is 1. The van der Waals surface area contributed by atoms with Crippen LogP contribution in [-0.4, -0.2) is 56.0 Å². The second-order valence-corrected chi connectivity index (χ2v) is 11.3. The van der Waals surface area contributed by atoms with Crippen molar-refractivity contribution in [2.75, 3.05) is 13.1 Å². The number of aromatic nitrogens is 3. The van der Waals surface area contributed by atoms with Crippen LogP contribution in [0.25, 0.3) is 10.8 Å². The van der Waals surface area contributed by atoms with Gasteiger partial charge in [-0.25, -0.2) is 18.7 Å². The molecule has 0 bridgehead atoms. The van der Waals surface area contributed by atoms with Crippen LogP contribution in [0.1, 0.15) is 70.9 Å². The van der Waals surface area contributed by atoms with Gasteiger partial charge in [0.05, 0.1) is 24.9 Å². The maximum absolute atomic E-state index is 13.6. The Kier molecular flexibility index (Phi) is 6.92. The number of halogens is 2. The quantitative estimate of drug-likeness (QED) is 0.629. The molecular formula is C24H32F2N4O3S. The summed E-state index contributed by atoms with van der Waals surface area (Å²) in [6.07, 6.45) is 0.423. The number of alkyl halides is 2. The van der Waals surface area contributed by atoms with Gasteiger partial charge in [-0.1, -0.05) is 20.8 Å². The van der Waals surface area contributed by atoms with Crippen LogP contribution in [0, 0.1) is 11.3 Å². The van der Waals surface area contributed by atoms with Crippen LogP contribution in [0.3, 0.4) is 0 Å². The van der Waals surface area contributed by atoms with Gasteiger partial charge in [0.15, 0.2) is 10.8 Å². The Bertz CT molecular complexity index is 1020. The topological polar surface area (TPSA) is 88.4 Å². The second kappa shape index (κ2) is 9.45. The van der Waals surface area contributed by atoms with E-state index >= 15 is 0 Å². The molecule has 1 atom stereocenters. The maximum Gasteiger partial charge on any atom is 0.248 e. The van der Waals surface area contributed by atoms with Crippen LogP contribution < -0.4 is 4.74 Å². The van der Waals surface area contributed by atoms with E-state index in [1.165, 1.54) is 11.3 Å². The summed E-state index contributed by atoms with van der Waals surface area (Å²) in [5.41, 5.74) is 0.830. The summed E-state index contributed by atoms with van der Waals surface area (Å²) in [5, 5.41) is 12.2. The molecule has 1 saturated carbocycles. The van der Waals surface area contributed by atoms with Gasteiger partial charge in [-0.3, -0.25) is 4.79 Å². The van der Waals surface area contributed by atoms with Crippen LogP contribution in [0.4, 0.5) is 8.78 Å². The van der Waals surface area contributed by atoms with Crippen LogP contribution in [-0.2, 0) is 11.2 Å². The van der Waals surface area contributed by atoms with Crippen molar-refractivity contribution < 1.29 is 23.4 Å². The Labute approximate surface area is 202 Å². The molecule has 1 N–H and O–H groups in total. The van der Waals surface area contributed by atoms with Crippen LogP contribution in [0.15, 0.2) is 11.4 Å². The Hall–Kier alpha value is -2.20. The highest BCUT2D eigenvalue weighted by atomic mass is 32.1. The predicted molar refractivity (Wildman–Crippen MR) is 125 cm³/mol. The first-order chi connectivity index (χ1) is 15.9. The third kappa shape index (κ3) is 5.89. The maximum atomic E-state index is 13.6. The minimum Gasteiger partial charge on any atom is -0.470 e. The molecule has 7 nitrogen and oxygen atoms in total. The number of amides is 1. The lowest BCUT2D eigenvalue weighted by Crippen LogP contribution is -2.58. The fourth-order valence-corrected chi connectivity index (χ4v) is 5.07. The third-order valence-electron chi connectivity index (χ3n) is 6.30. The molecule has 2 aliphatic rings. The molecule has 1 aliphatic heterocycles. The van der Waals surface area contributed by atoms with Crippen molar-refractivity contribution in [3.05, 3.63) is 22.8 Å². The first kappa shape index (κ1) is 24.9. The molecule has 1 saturated heterocycles. The van der Waals surface area contributed by atoms with Crippen LogP contribution >= 0.6 is 11.3 Å². The van der Waals surface area contributed by atoms with Gasteiger partial charge in [0.2, 0.25) is 17.7 Å². The van der Waals surface area contributed by atoms with Crippen molar-refractivity contribution in [1.29, 1.82) is 0 Å². The number of aliphatic hydroxyl groups is 1. The summed E-state index contributed by atoms with van der Waals surface area (Å²) in [4.78, 5) is 27.8. The fraction of sp³-hybridized carbons (Fsp3) is 0.667. The lowest BCUT2D eigenvalue weighted by Gasteiger charge is -2.41. The van der Waals surface area contributed by atoms with Gasteiger partial charge in [-0.05, 0) is 32.1 Å². The molecule has 3 heterocycles. The largest absolute Gasteiger partial charge is 0.470 e. The lowest BCUT2D eigenvalue weighted by atomic mass is 9.84. The van der Waals surface area contributed by atoms with Crippen molar-refractivity contribution in [2.24, 2.45) is 11.3 Å². The standard InChI is InChI=1S/C24H32F2N4O3S/c1-14(31)18-13-34-21(28-18)20-27-16(9-15-5-7-24(25,26)8-6-15)10-19(29-20)33-17-11-30(12-17)22(32)23(2,3)4/h10,13-15,17,31H,5-9,11-12H2,1-4H3. The highest BCUT2D eigenvalue weighted by Gasteiger charge is 2.38. The van der Waals surface area contributed by atoms with E-state index in [9.17, 15) is 18.7 Å². The number of hydrogen-bond acceptors (Lipinski definition) is 7. The molecule has 2 aromatic rings. The number of aliphatic hydroxyl groups excluding tert-OH is 1. The zero-order valence-corrected chi connectivity index (χ0v) is 20.9. The highest BCUT2D eigenvalue weighted by Crippen LogP contribution is 2.38. The summed E-state index contributed by atoms with van der Waals surface area (Å²) in [6, 6.07) is 1.77. The van der Waals surface area contributed by atoms with Crippen molar-refractivity contribution in [1.82, 2.24) is 19.9 Å². The Morgan fingerprint density at radius 2 is 1.94 bits per heavy atom. The molecule has 0 spiro atoms. The monoisotopic (exact) mass is 494 g/mol. The summed E-state index contributed by atoms with van der Waals surface area (Å²) < 4.78 is 33.3. The van der Waals surface area contributed by atoms with E-state index < -0.39 is 17.4 Å². The Morgan fingerprint density at radius 3 is 2.53 bits per heavy atom. The average molecular weight is 495 g/mol. The molecule has 1 unspecified atom stereocenters. The van der Waals surface area contributed by atoms with E-state index in [1.807, 2.05) is 20.8 Å². The number of rotatable bonds is 6. The number of carbonyl (C=O) groups is 1. The van der Waals surface area contributed by atoms with Gasteiger partial charge in [0, 0.05) is 35.4 Å². The number of thiazole rings is 1. The molecular weight excluding hydrogens is 462 g/mol. The highest BCUT2D eigenvalue weighted by molar-refractivity contribution is 7.13. The van der Waals surface area contributed by atoms with E-state index in [1.54, 1.807) is 23.3 Å². The molecule has 10 heteroatoms. The smallest absolute Gasteiger partial charge is 0.248 e. The minimum absolute atomic E-state index is 0.0824. The minimum atomic E-state index is -2.57. The third-order valence-corrected chi connectivity index (χ3v) is 7.15. The van der Waals surface area contributed by atoms with E-state index in [0.29, 0.717) is 54.8 Å². The van der Waals surface area contributed by atoms with Crippen molar-refractivity contribution >= 4 is 17.2 Å². The SMILES string of the molecule is CC(O)c1csc(-c2nc(CC3CCC(F)(F)CC3)cc(OC3CN(C(=O)C(C)(C)C)C3)n2)n1. The van der Waals surface area contributed by atoms with E-state index in [4.69, 9.17) is 4.74 Å². The molecule has 0 aromatic carbocycles. The Morgan fingerprint density at radius 1 is 1.26 bits per heavy atom. The van der Waals surface area contributed by atoms with E-state index in [2.05, 4.69) is 15.0 Å². The van der Waals surface area contributed by atoms with Gasteiger partial charge in [0.1, 0.15) is 6.10 Å².